The van der Waals surface area contributed by atoms with Gasteiger partial charge >= 0.3 is 0 Å². The normalized spacial score (nSPS) is 30.2. The minimum atomic E-state index is -0.00178. The summed E-state index contributed by atoms with van der Waals surface area (Å²) in [6.07, 6.45) is 4.86. The second-order valence-corrected chi connectivity index (χ2v) is 10.4. The molecule has 0 N–H and O–H groups in total. The van der Waals surface area contributed by atoms with Gasteiger partial charge in [0.1, 0.15) is 0 Å². The monoisotopic (exact) mass is 410 g/mol. The lowest BCUT2D eigenvalue weighted by Crippen LogP contribution is -2.50. The molecule has 4 aromatic carbocycles. The highest BCUT2D eigenvalue weighted by molar-refractivity contribution is 5.70. The fourth-order valence-electron chi connectivity index (χ4n) is 8.63. The van der Waals surface area contributed by atoms with Crippen LogP contribution in [0.2, 0.25) is 0 Å². The largest absolute Gasteiger partial charge is 0.0620 e. The van der Waals surface area contributed by atoms with Gasteiger partial charge in [0.15, 0.2) is 0 Å². The molecule has 154 valence electrons. The van der Waals surface area contributed by atoms with Gasteiger partial charge in [-0.3, -0.25) is 0 Å². The molecule has 4 aliphatic carbocycles. The van der Waals surface area contributed by atoms with Crippen LogP contribution in [0, 0.1) is 0 Å². The predicted molar refractivity (Wildman–Crippen MR) is 129 cm³/mol. The van der Waals surface area contributed by atoms with Gasteiger partial charge in [0.05, 0.1) is 0 Å². The van der Waals surface area contributed by atoms with Gasteiger partial charge in [0.2, 0.25) is 0 Å². The first-order chi connectivity index (χ1) is 15.9. The Labute approximate surface area is 189 Å². The average Bonchev–Trinajstić information content (AvgIpc) is 3.28. The Morgan fingerprint density at radius 2 is 0.750 bits per heavy atom. The zero-order valence-corrected chi connectivity index (χ0v) is 18.2. The van der Waals surface area contributed by atoms with Crippen LogP contribution in [0.1, 0.15) is 82.0 Å². The zero-order valence-electron chi connectivity index (χ0n) is 18.2. The van der Waals surface area contributed by atoms with Crippen LogP contribution in [-0.4, -0.2) is 0 Å². The van der Waals surface area contributed by atoms with Crippen LogP contribution in [0.4, 0.5) is 0 Å². The second-order valence-electron chi connectivity index (χ2n) is 10.4. The van der Waals surface area contributed by atoms with Crippen molar-refractivity contribution in [1.82, 2.24) is 0 Å². The number of benzene rings is 4. The molecule has 1 saturated carbocycles. The van der Waals surface area contributed by atoms with E-state index in [9.17, 15) is 0 Å². The van der Waals surface area contributed by atoms with Gasteiger partial charge in [-0.05, 0) is 63.8 Å². The molecule has 2 spiro atoms. The van der Waals surface area contributed by atoms with E-state index >= 15 is 0 Å². The first-order valence-electron chi connectivity index (χ1n) is 12.2. The fraction of sp³-hybridized carbons (Fsp3) is 0.250. The van der Waals surface area contributed by atoms with Crippen molar-refractivity contribution in [2.24, 2.45) is 0 Å². The molecule has 0 aromatic heterocycles. The molecular formula is C32H26. The van der Waals surface area contributed by atoms with Crippen LogP contribution in [-0.2, 0) is 10.8 Å². The van der Waals surface area contributed by atoms with Gasteiger partial charge in [-0.2, -0.15) is 0 Å². The van der Waals surface area contributed by atoms with Gasteiger partial charge in [0, 0.05) is 22.7 Å². The van der Waals surface area contributed by atoms with E-state index < -0.39 is 0 Å². The lowest BCUT2D eigenvalue weighted by atomic mass is 9.48. The first kappa shape index (κ1) is 17.4. The van der Waals surface area contributed by atoms with Crippen molar-refractivity contribution in [3.8, 4) is 0 Å². The zero-order chi connectivity index (χ0) is 20.9. The van der Waals surface area contributed by atoms with Crippen LogP contribution in [0.5, 0.6) is 0 Å². The summed E-state index contributed by atoms with van der Waals surface area (Å²) >= 11 is 0. The molecule has 4 bridgehead atoms. The van der Waals surface area contributed by atoms with E-state index in [-0.39, 0.29) is 10.8 Å². The van der Waals surface area contributed by atoms with Crippen LogP contribution in [0.15, 0.2) is 97.1 Å². The lowest BCUT2D eigenvalue weighted by Gasteiger charge is -2.54. The molecule has 1 fully saturated rings. The number of rotatable bonds is 0. The highest BCUT2D eigenvalue weighted by atomic mass is 14.7. The van der Waals surface area contributed by atoms with E-state index in [0.717, 1.165) is 6.42 Å². The van der Waals surface area contributed by atoms with Crippen molar-refractivity contribution >= 4 is 0 Å². The Morgan fingerprint density at radius 3 is 1.09 bits per heavy atom. The SMILES string of the molecule is c1ccc2c(c1)C1CC3c4ccccc4C4(CCCC24c2ccccc21)c1ccccc13. The molecule has 0 saturated heterocycles. The van der Waals surface area contributed by atoms with Crippen LogP contribution in [0.3, 0.4) is 0 Å². The van der Waals surface area contributed by atoms with Crippen LogP contribution in [0.25, 0.3) is 0 Å². The maximum atomic E-state index is 2.48. The molecule has 0 nitrogen and oxygen atoms in total. The number of hydrogen-bond acceptors (Lipinski definition) is 0. The Bertz CT molecular complexity index is 1200. The maximum Gasteiger partial charge on any atom is 0.0346 e. The average molecular weight is 411 g/mol. The molecule has 4 aromatic rings. The number of hydrogen-bond donors (Lipinski definition) is 0. The van der Waals surface area contributed by atoms with Gasteiger partial charge in [0.25, 0.3) is 0 Å². The van der Waals surface area contributed by atoms with Gasteiger partial charge < -0.3 is 0 Å². The summed E-state index contributed by atoms with van der Waals surface area (Å²) in [5.74, 6) is 0.905. The summed E-state index contributed by atoms with van der Waals surface area (Å²) in [6.45, 7) is 0. The molecule has 32 heavy (non-hydrogen) atoms. The van der Waals surface area contributed by atoms with E-state index in [0.29, 0.717) is 11.8 Å². The van der Waals surface area contributed by atoms with E-state index in [1.54, 1.807) is 44.5 Å². The van der Waals surface area contributed by atoms with Gasteiger partial charge in [-0.1, -0.05) is 103 Å². The standard InChI is InChI=1S/C32H26/c1-5-14-27-21(10-1)25-20-26-23-12-3-7-16-29(23)32(30-17-8-4-13-24(26)30)19-9-18-31(27,32)28-15-6-2-11-22(25)28/h1-8,10-17,25-26H,9,18-20H2. The molecular weight excluding hydrogens is 384 g/mol. The van der Waals surface area contributed by atoms with Crippen molar-refractivity contribution in [2.45, 2.75) is 48.3 Å². The Hall–Kier alpha value is -3.12. The Kier molecular flexibility index (Phi) is 3.17. The third-order valence-electron chi connectivity index (χ3n) is 9.49. The minimum Gasteiger partial charge on any atom is -0.0620 e. The number of fused-ring (bicyclic) bond motifs is 4. The summed E-state index contributed by atoms with van der Waals surface area (Å²) in [6, 6.07) is 38.0. The summed E-state index contributed by atoms with van der Waals surface area (Å²) < 4.78 is 0. The van der Waals surface area contributed by atoms with E-state index in [2.05, 4.69) is 97.1 Å². The van der Waals surface area contributed by atoms with Crippen molar-refractivity contribution in [1.29, 1.82) is 0 Å². The molecule has 0 radical (unpaired) electrons. The smallest absolute Gasteiger partial charge is 0.0346 e. The van der Waals surface area contributed by atoms with Crippen LogP contribution < -0.4 is 0 Å². The molecule has 0 heterocycles. The van der Waals surface area contributed by atoms with Crippen molar-refractivity contribution in [3.63, 3.8) is 0 Å². The van der Waals surface area contributed by atoms with Crippen molar-refractivity contribution < 1.29 is 0 Å². The molecule has 4 aliphatic rings. The minimum absolute atomic E-state index is 0.00178. The second kappa shape index (κ2) is 5.81. The van der Waals surface area contributed by atoms with E-state index in [4.69, 9.17) is 0 Å². The topological polar surface area (TPSA) is 0 Å². The molecule has 0 aliphatic heterocycles. The molecule has 0 unspecified atom stereocenters. The van der Waals surface area contributed by atoms with Crippen LogP contribution >= 0.6 is 0 Å². The van der Waals surface area contributed by atoms with Crippen molar-refractivity contribution in [2.75, 3.05) is 0 Å². The molecule has 0 amide bonds. The van der Waals surface area contributed by atoms with E-state index in [1.165, 1.54) is 19.3 Å². The highest BCUT2D eigenvalue weighted by Crippen LogP contribution is 2.71. The maximum absolute atomic E-state index is 2.48. The quantitative estimate of drug-likeness (QED) is 0.283. The molecule has 0 atom stereocenters. The lowest BCUT2D eigenvalue weighted by molar-refractivity contribution is 0.344. The summed E-state index contributed by atoms with van der Waals surface area (Å²) in [5, 5.41) is 0. The highest BCUT2D eigenvalue weighted by Gasteiger charge is 2.64. The third kappa shape index (κ3) is 1.73. The van der Waals surface area contributed by atoms with Gasteiger partial charge in [-0.15, -0.1) is 0 Å². The van der Waals surface area contributed by atoms with E-state index in [1.807, 2.05) is 0 Å². The summed E-state index contributed by atoms with van der Waals surface area (Å²) in [7, 11) is 0. The summed E-state index contributed by atoms with van der Waals surface area (Å²) in [4.78, 5) is 0. The predicted octanol–water partition coefficient (Wildman–Crippen LogP) is 7.44. The fourth-order valence-corrected chi connectivity index (χ4v) is 8.63. The van der Waals surface area contributed by atoms with Crippen molar-refractivity contribution in [3.05, 3.63) is 142 Å². The first-order valence-corrected chi connectivity index (χ1v) is 12.2. The Morgan fingerprint density at radius 1 is 0.438 bits per heavy atom. The molecule has 8 rings (SSSR count). The van der Waals surface area contributed by atoms with Gasteiger partial charge in [-0.25, -0.2) is 0 Å². The third-order valence-corrected chi connectivity index (χ3v) is 9.49. The Balaban J connectivity index is 1.66. The summed E-state index contributed by atoms with van der Waals surface area (Å²) in [5.41, 5.74) is 12.8. The molecule has 0 heteroatoms.